The zero-order valence-corrected chi connectivity index (χ0v) is 56.9. The molecule has 3 aliphatic rings. The highest BCUT2D eigenvalue weighted by atomic mass is 16.6. The van der Waals surface area contributed by atoms with Gasteiger partial charge in [0.1, 0.15) is 30.3 Å². The van der Waals surface area contributed by atoms with Gasteiger partial charge in [-0.25, -0.2) is 9.59 Å². The Morgan fingerprint density at radius 1 is 0.766 bits per heavy atom. The fourth-order valence-electron chi connectivity index (χ4n) is 12.6. The molecule has 0 aliphatic carbocycles. The van der Waals surface area contributed by atoms with Gasteiger partial charge < -0.3 is 66.8 Å². The number of methoxy groups -OCH3 is 2. The van der Waals surface area contributed by atoms with Crippen LogP contribution in [0.25, 0.3) is 0 Å². The number of carbonyl (C=O) groups is 11. The van der Waals surface area contributed by atoms with Crippen molar-refractivity contribution in [3.63, 3.8) is 0 Å². The van der Waals surface area contributed by atoms with Gasteiger partial charge in [-0.3, -0.25) is 53.0 Å². The maximum Gasteiger partial charge on any atom is 0.410 e. The van der Waals surface area contributed by atoms with Gasteiger partial charge in [0.25, 0.3) is 11.8 Å². The Labute approximate surface area is 553 Å². The van der Waals surface area contributed by atoms with Crippen LogP contribution in [0.1, 0.15) is 157 Å². The number of imide groups is 1. The number of hydrogen-bond donors (Lipinski definition) is 8. The highest BCUT2D eigenvalue weighted by molar-refractivity contribution is 6.12. The lowest BCUT2D eigenvalue weighted by Crippen LogP contribution is -2.62. The van der Waals surface area contributed by atoms with Crippen molar-refractivity contribution >= 4 is 71.0 Å². The van der Waals surface area contributed by atoms with E-state index in [1.807, 2.05) is 45.9 Å². The molecule has 0 aromatic heterocycles. The number of likely N-dealkylation sites (N-methyl/N-ethyl adjacent to an activating group) is 1. The van der Waals surface area contributed by atoms with Gasteiger partial charge in [0.2, 0.25) is 41.4 Å². The summed E-state index contributed by atoms with van der Waals surface area (Å²) in [5.74, 6) is -5.45. The molecule has 0 spiro atoms. The van der Waals surface area contributed by atoms with Crippen molar-refractivity contribution in [2.24, 2.45) is 29.4 Å². The quantitative estimate of drug-likeness (QED) is 0.0330. The first-order chi connectivity index (χ1) is 44.6. The summed E-state index contributed by atoms with van der Waals surface area (Å²) in [6.07, 6.45) is 3.83. The van der Waals surface area contributed by atoms with E-state index >= 15 is 0 Å². The zero-order valence-electron chi connectivity index (χ0n) is 56.9. The van der Waals surface area contributed by atoms with Crippen molar-refractivity contribution in [1.29, 1.82) is 0 Å². The number of aliphatic hydroxyl groups is 1. The summed E-state index contributed by atoms with van der Waals surface area (Å²) in [5.41, 5.74) is 5.41. The number of benzene rings is 2. The molecule has 12 atom stereocenters. The van der Waals surface area contributed by atoms with E-state index in [2.05, 4.69) is 31.9 Å². The molecular formula is C68H103N11O15. The molecule has 26 heteroatoms. The summed E-state index contributed by atoms with van der Waals surface area (Å²) < 4.78 is 17.8. The molecule has 2 aromatic rings. The van der Waals surface area contributed by atoms with Crippen LogP contribution in [0, 0.1) is 23.7 Å². The summed E-state index contributed by atoms with van der Waals surface area (Å²) >= 11 is 0. The van der Waals surface area contributed by atoms with Crippen LogP contribution in [0.3, 0.4) is 0 Å². The van der Waals surface area contributed by atoms with Gasteiger partial charge in [0, 0.05) is 71.7 Å². The first-order valence-corrected chi connectivity index (χ1v) is 33.1. The number of hydrogen-bond acceptors (Lipinski definition) is 15. The van der Waals surface area contributed by atoms with Gasteiger partial charge >= 0.3 is 12.1 Å². The number of nitrogens with two attached hydrogens (primary N) is 1. The van der Waals surface area contributed by atoms with Crippen LogP contribution in [0.4, 0.5) is 15.3 Å². The molecule has 0 saturated carbocycles. The number of primary amides is 1. The summed E-state index contributed by atoms with van der Waals surface area (Å²) in [7, 11) is 4.67. The molecule has 94 heavy (non-hydrogen) atoms. The van der Waals surface area contributed by atoms with Crippen molar-refractivity contribution in [3.05, 3.63) is 77.9 Å². The van der Waals surface area contributed by atoms with Gasteiger partial charge in [-0.05, 0) is 106 Å². The van der Waals surface area contributed by atoms with Crippen LogP contribution >= 0.6 is 0 Å². The Morgan fingerprint density at radius 2 is 1.43 bits per heavy atom. The molecule has 0 radical (unpaired) electrons. The fraction of sp³-hybridized carbons (Fsp3) is 0.632. The van der Waals surface area contributed by atoms with E-state index in [1.54, 1.807) is 87.9 Å². The highest BCUT2D eigenvalue weighted by Crippen LogP contribution is 2.33. The average Bonchev–Trinajstić information content (AvgIpc) is 1.55. The number of urea groups is 1. The van der Waals surface area contributed by atoms with E-state index in [0.29, 0.717) is 68.3 Å². The standard InChI is InChI=1S/C68H103N11O15/c1-13-43(6)58(51(92-11)39-55(83)77-37-21-26-50(77)60(93-12)44(7)61(85)71-45(8)59(84)47-23-16-14-17-24-47)76(10)64(88)57(42(4)5)75-65(89)68(9)34-22-38-79(68)67(91)94-40-46-28-30-48(31-29-46)72-62(86)49(25-20-35-70-66(69)90)73-63(87)56(41(2)3)74-52(80)27-18-15-19-36-78-53(81)32-33-54(78)82/h14,16-17,23-24,28-33,41-45,49-51,56-60,84H,13,15,18-22,25-27,34-40H2,1-12H3,(H,71,85)(H,72,86)(H,73,87)(H,74,80)(H,75,89)(H3,69,70,90)/t43-,44+,45+,49-,50-,51+,56-,57-,58-,59+,60+,68-/m0/s1. The highest BCUT2D eigenvalue weighted by Gasteiger charge is 2.49. The van der Waals surface area contributed by atoms with Crippen molar-refractivity contribution in [2.45, 2.75) is 206 Å². The van der Waals surface area contributed by atoms with Crippen LogP contribution in [0.15, 0.2) is 66.7 Å². The van der Waals surface area contributed by atoms with Crippen LogP contribution in [-0.4, -0.2) is 191 Å². The number of carbonyl (C=O) groups excluding carboxylic acids is 11. The molecule has 3 heterocycles. The summed E-state index contributed by atoms with van der Waals surface area (Å²) in [6.45, 7) is 17.0. The lowest BCUT2D eigenvalue weighted by molar-refractivity contribution is -0.148. The Balaban J connectivity index is 1.17. The molecule has 3 aliphatic heterocycles. The van der Waals surface area contributed by atoms with Crippen molar-refractivity contribution < 1.29 is 72.1 Å². The van der Waals surface area contributed by atoms with Crippen molar-refractivity contribution in [2.75, 3.05) is 52.8 Å². The number of unbranched alkanes of at least 4 members (excludes halogenated alkanes) is 2. The molecule has 2 fully saturated rings. The largest absolute Gasteiger partial charge is 0.445 e. The second-order valence-corrected chi connectivity index (χ2v) is 26.0. The minimum absolute atomic E-state index is 0.0856. The lowest BCUT2D eigenvalue weighted by atomic mass is 9.89. The fourth-order valence-corrected chi connectivity index (χ4v) is 12.6. The maximum atomic E-state index is 14.8. The predicted molar refractivity (Wildman–Crippen MR) is 351 cm³/mol. The number of likely N-dealkylation sites (tertiary alicyclic amines) is 2. The Hall–Kier alpha value is -7.97. The first-order valence-electron chi connectivity index (χ1n) is 33.1. The minimum Gasteiger partial charge on any atom is -0.445 e. The molecule has 0 unspecified atom stereocenters. The lowest BCUT2D eigenvalue weighted by Gasteiger charge is -2.41. The predicted octanol–water partition coefficient (Wildman–Crippen LogP) is 4.98. The second-order valence-electron chi connectivity index (χ2n) is 26.0. The number of rotatable bonds is 36. The molecule has 5 rings (SSSR count). The number of nitrogens with zero attached hydrogens (tertiary/aromatic N) is 4. The SMILES string of the molecule is CC[C@H](C)[C@@H]([C@@H](CC(=O)N1CCC[C@H]1[C@H](OC)[C@@H](C)C(=O)N[C@H](C)[C@@H](O)c1ccccc1)OC)N(C)C(=O)[C@@H](NC(=O)[C@]1(C)CCCN1C(=O)OCc1ccc(NC(=O)[C@H](CCCNC(N)=O)NC(=O)[C@@H](NC(=O)CCCCCN2C(=O)C=CC2=O)C(C)C)cc1)C(C)C. The monoisotopic (exact) mass is 1310 g/mol. The molecule has 9 N–H and O–H groups in total. The topological polar surface area (TPSA) is 347 Å². The smallest absolute Gasteiger partial charge is 0.410 e. The molecule has 12 amide bonds. The van der Waals surface area contributed by atoms with E-state index < -0.39 is 108 Å². The van der Waals surface area contributed by atoms with Crippen LogP contribution in [0.2, 0.25) is 0 Å². The molecular weight excluding hydrogens is 1210 g/mol. The summed E-state index contributed by atoms with van der Waals surface area (Å²) in [4.78, 5) is 153. The Kier molecular flexibility index (Phi) is 29.9. The molecule has 0 bridgehead atoms. The number of ether oxygens (including phenoxy) is 3. The van der Waals surface area contributed by atoms with E-state index in [1.165, 1.54) is 31.3 Å². The normalized spacial score (nSPS) is 19.5. The zero-order chi connectivity index (χ0) is 69.6. The number of anilines is 1. The van der Waals surface area contributed by atoms with E-state index in [9.17, 15) is 57.8 Å². The molecule has 2 saturated heterocycles. The summed E-state index contributed by atoms with van der Waals surface area (Å²) in [5, 5.41) is 27.7. The van der Waals surface area contributed by atoms with Gasteiger partial charge in [0.05, 0.1) is 48.8 Å². The number of amides is 12. The average molecular weight is 1310 g/mol. The molecule has 520 valence electrons. The van der Waals surface area contributed by atoms with Crippen LogP contribution in [0.5, 0.6) is 0 Å². The van der Waals surface area contributed by atoms with Gasteiger partial charge in [0.15, 0.2) is 0 Å². The third kappa shape index (κ3) is 21.0. The van der Waals surface area contributed by atoms with E-state index in [-0.39, 0.29) is 99.7 Å². The van der Waals surface area contributed by atoms with E-state index in [4.69, 9.17) is 19.9 Å². The molecule has 26 nitrogen and oxygen atoms in total. The first kappa shape index (κ1) is 76.7. The van der Waals surface area contributed by atoms with E-state index in [0.717, 1.165) is 4.90 Å². The second kappa shape index (κ2) is 36.6. The van der Waals surface area contributed by atoms with Crippen LogP contribution in [-0.2, 0) is 64.0 Å². The number of aliphatic hydroxyl groups excluding tert-OH is 1. The number of nitrogens with one attached hydrogen (secondary N) is 6. The maximum absolute atomic E-state index is 14.8. The third-order valence-corrected chi connectivity index (χ3v) is 18.5. The Morgan fingerprint density at radius 3 is 2.03 bits per heavy atom. The Bertz CT molecular complexity index is 2930. The summed E-state index contributed by atoms with van der Waals surface area (Å²) in [6, 6.07) is 9.94. The minimum atomic E-state index is -1.40. The van der Waals surface area contributed by atoms with Crippen LogP contribution < -0.4 is 37.6 Å². The van der Waals surface area contributed by atoms with Crippen molar-refractivity contribution in [3.8, 4) is 0 Å². The van der Waals surface area contributed by atoms with Gasteiger partial charge in [-0.1, -0.05) is 104 Å². The third-order valence-electron chi connectivity index (χ3n) is 18.5. The van der Waals surface area contributed by atoms with Crippen molar-refractivity contribution in [1.82, 2.24) is 46.2 Å². The van der Waals surface area contributed by atoms with Gasteiger partial charge in [-0.15, -0.1) is 0 Å². The van der Waals surface area contributed by atoms with Gasteiger partial charge in [-0.2, -0.15) is 0 Å². The molecule has 2 aromatic carbocycles.